The topological polar surface area (TPSA) is 159 Å². The van der Waals surface area contributed by atoms with Crippen LogP contribution < -0.4 is 0 Å². The van der Waals surface area contributed by atoms with Crippen LogP contribution in [0.25, 0.3) is 0 Å². The molecule has 4 aliphatic heterocycles. The first-order chi connectivity index (χ1) is 21.1. The molecule has 4 bridgehead atoms. The van der Waals surface area contributed by atoms with Crippen LogP contribution in [0.15, 0.2) is 60.7 Å². The predicted octanol–water partition coefficient (Wildman–Crippen LogP) is 1.16. The summed E-state index contributed by atoms with van der Waals surface area (Å²) >= 11 is 0. The van der Waals surface area contributed by atoms with E-state index in [0.717, 1.165) is 0 Å². The molecule has 2 aromatic carbocycles. The van der Waals surface area contributed by atoms with Crippen molar-refractivity contribution in [2.75, 3.05) is 20.3 Å². The van der Waals surface area contributed by atoms with E-state index in [0.29, 0.717) is 24.0 Å². The first kappa shape index (κ1) is 28.5. The van der Waals surface area contributed by atoms with Crippen LogP contribution in [0.1, 0.15) is 40.5 Å². The van der Waals surface area contributed by atoms with Crippen LogP contribution in [0.3, 0.4) is 0 Å². The monoisotopic (exact) mass is 610 g/mol. The Kier molecular flexibility index (Phi) is 6.03. The first-order valence-electron chi connectivity index (χ1n) is 14.8. The van der Waals surface area contributed by atoms with Crippen LogP contribution in [0.5, 0.6) is 0 Å². The van der Waals surface area contributed by atoms with Gasteiger partial charge in [-0.05, 0) is 37.6 Å². The third-order valence-electron chi connectivity index (χ3n) is 11.1. The summed E-state index contributed by atoms with van der Waals surface area (Å²) in [7, 11) is 1.59. The van der Waals surface area contributed by atoms with Crippen molar-refractivity contribution in [3.8, 4) is 0 Å². The van der Waals surface area contributed by atoms with E-state index in [9.17, 15) is 24.9 Å². The van der Waals surface area contributed by atoms with Gasteiger partial charge < -0.3 is 48.5 Å². The van der Waals surface area contributed by atoms with Crippen LogP contribution >= 0.6 is 0 Å². The van der Waals surface area contributed by atoms with Gasteiger partial charge in [0, 0.05) is 24.9 Å². The highest BCUT2D eigenvalue weighted by atomic mass is 16.8. The van der Waals surface area contributed by atoms with Crippen molar-refractivity contribution in [2.45, 2.75) is 73.8 Å². The van der Waals surface area contributed by atoms with Crippen molar-refractivity contribution < 1.29 is 58.1 Å². The van der Waals surface area contributed by atoms with Gasteiger partial charge in [-0.25, -0.2) is 9.59 Å². The first-order valence-corrected chi connectivity index (χ1v) is 14.8. The second-order valence-electron chi connectivity index (χ2n) is 13.0. The molecule has 4 heterocycles. The summed E-state index contributed by atoms with van der Waals surface area (Å²) in [5, 5.41) is 32.5. The molecule has 7 fully saturated rings. The molecule has 3 saturated carbocycles. The normalized spacial score (nSPS) is 47.1. The number of carbonyl (C=O) groups is 2. The second-order valence-corrected chi connectivity index (χ2v) is 13.0. The lowest BCUT2D eigenvalue weighted by Crippen LogP contribution is -2.70. The Hall–Kier alpha value is -2.94. The third-order valence-corrected chi connectivity index (χ3v) is 11.1. The van der Waals surface area contributed by atoms with E-state index in [1.54, 1.807) is 61.7 Å². The number of ether oxygens (including phenoxy) is 7. The Morgan fingerprint density at radius 3 is 2.14 bits per heavy atom. The van der Waals surface area contributed by atoms with Crippen molar-refractivity contribution in [3.63, 3.8) is 0 Å². The lowest BCUT2D eigenvalue weighted by molar-refractivity contribution is -0.376. The molecular weight excluding hydrogens is 576 g/mol. The second kappa shape index (κ2) is 9.30. The van der Waals surface area contributed by atoms with Crippen molar-refractivity contribution in [1.82, 2.24) is 0 Å². The lowest BCUT2D eigenvalue weighted by Gasteiger charge is -2.57. The Balaban J connectivity index is 1.05. The van der Waals surface area contributed by atoms with Gasteiger partial charge in [0.2, 0.25) is 0 Å². The third kappa shape index (κ3) is 3.29. The maximum Gasteiger partial charge on any atom is 0.338 e. The summed E-state index contributed by atoms with van der Waals surface area (Å²) in [5.41, 5.74) is -2.55. The van der Waals surface area contributed by atoms with E-state index in [1.807, 2.05) is 13.0 Å². The number of carbonyl (C=O) groups excluding carboxylic acids is 2. The fourth-order valence-electron chi connectivity index (χ4n) is 9.30. The van der Waals surface area contributed by atoms with Gasteiger partial charge in [-0.15, -0.1) is 0 Å². The van der Waals surface area contributed by atoms with Gasteiger partial charge in [-0.1, -0.05) is 36.4 Å². The Morgan fingerprint density at radius 1 is 0.864 bits per heavy atom. The number of esters is 2. The minimum atomic E-state index is -1.64. The van der Waals surface area contributed by atoms with E-state index in [1.165, 1.54) is 0 Å². The van der Waals surface area contributed by atoms with Gasteiger partial charge in [0.1, 0.15) is 42.2 Å². The molecule has 3 aliphatic carbocycles. The van der Waals surface area contributed by atoms with Crippen LogP contribution in [0, 0.1) is 16.7 Å². The molecule has 12 nitrogen and oxygen atoms in total. The van der Waals surface area contributed by atoms with E-state index in [-0.39, 0.29) is 19.1 Å². The number of rotatable bonds is 9. The van der Waals surface area contributed by atoms with E-state index < -0.39 is 76.8 Å². The molecule has 0 amide bonds. The van der Waals surface area contributed by atoms with Crippen LogP contribution in [0.4, 0.5) is 0 Å². The molecule has 12 atom stereocenters. The average molecular weight is 611 g/mol. The zero-order chi connectivity index (χ0) is 30.7. The molecule has 1 spiro atoms. The molecule has 0 aromatic heterocycles. The Labute approximate surface area is 252 Å². The molecular formula is C32H34O12. The van der Waals surface area contributed by atoms with Gasteiger partial charge in [-0.2, -0.15) is 0 Å². The fourth-order valence-corrected chi connectivity index (χ4v) is 9.30. The number of hydrogen-bond donors (Lipinski definition) is 3. The van der Waals surface area contributed by atoms with Gasteiger partial charge in [0.15, 0.2) is 18.4 Å². The van der Waals surface area contributed by atoms with Crippen LogP contribution in [0.2, 0.25) is 0 Å². The number of aliphatic hydroxyl groups excluding tert-OH is 3. The smallest absolute Gasteiger partial charge is 0.338 e. The Bertz CT molecular complexity index is 1490. The lowest BCUT2D eigenvalue weighted by atomic mass is 9.55. The number of benzene rings is 2. The molecule has 12 heteroatoms. The zero-order valence-electron chi connectivity index (χ0n) is 24.2. The highest BCUT2D eigenvalue weighted by molar-refractivity contribution is 5.89. The molecule has 234 valence electrons. The number of aliphatic hydroxyl groups is 3. The zero-order valence-corrected chi connectivity index (χ0v) is 24.2. The largest absolute Gasteiger partial charge is 0.461 e. The molecule has 4 saturated heterocycles. The van der Waals surface area contributed by atoms with E-state index >= 15 is 0 Å². The standard InChI is InChI=1S/C32H34O12/c1-28-14-30(38-2)26-29(16-40-24(37)18-11-7-4-8-12-18)15-31(28,32(26,29)27(43-28)44-30)42-25-22(35)21(34)20(33)19(41-25)13-39-23(36)17-9-5-3-6-10-17/h3-12,19-22,25-27,33-35H,13-16H2,1-2H3/t19?,20-,21+,22?,25+,26+,27?,28+,29?,30-,31+,32+/m1/s1. The highest BCUT2D eigenvalue weighted by Crippen LogP contribution is 3.00. The van der Waals surface area contributed by atoms with Gasteiger partial charge in [0.25, 0.3) is 0 Å². The minimum Gasteiger partial charge on any atom is -0.461 e. The summed E-state index contributed by atoms with van der Waals surface area (Å²) in [5.74, 6) is -2.26. The van der Waals surface area contributed by atoms with Crippen LogP contribution in [-0.4, -0.2) is 102 Å². The summed E-state index contributed by atoms with van der Waals surface area (Å²) in [4.78, 5) is 25.4. The fraction of sp³-hybridized carbons (Fsp3) is 0.562. The van der Waals surface area contributed by atoms with Crippen molar-refractivity contribution in [1.29, 1.82) is 0 Å². The maximum absolute atomic E-state index is 12.9. The number of hydrogen-bond acceptors (Lipinski definition) is 12. The van der Waals surface area contributed by atoms with Gasteiger partial charge in [0.05, 0.1) is 23.1 Å². The summed E-state index contributed by atoms with van der Waals surface area (Å²) in [6.45, 7) is 1.61. The van der Waals surface area contributed by atoms with E-state index in [4.69, 9.17) is 33.2 Å². The molecule has 2 aromatic rings. The molecule has 9 rings (SSSR count). The van der Waals surface area contributed by atoms with E-state index in [2.05, 4.69) is 0 Å². The minimum absolute atomic E-state index is 0.0917. The predicted molar refractivity (Wildman–Crippen MR) is 146 cm³/mol. The van der Waals surface area contributed by atoms with Crippen molar-refractivity contribution >= 4 is 11.9 Å². The average Bonchev–Trinajstić information content (AvgIpc) is 3.43. The van der Waals surface area contributed by atoms with Crippen molar-refractivity contribution in [2.24, 2.45) is 16.7 Å². The van der Waals surface area contributed by atoms with Gasteiger partial charge >= 0.3 is 11.9 Å². The molecule has 44 heavy (non-hydrogen) atoms. The van der Waals surface area contributed by atoms with Gasteiger partial charge in [-0.3, -0.25) is 0 Å². The molecule has 4 unspecified atom stereocenters. The molecule has 0 radical (unpaired) electrons. The summed E-state index contributed by atoms with van der Waals surface area (Å²) in [6, 6.07) is 17.1. The molecule has 7 aliphatic rings. The molecule has 3 N–H and O–H groups in total. The summed E-state index contributed by atoms with van der Waals surface area (Å²) < 4.78 is 42.7. The maximum atomic E-state index is 12.9. The quantitative estimate of drug-likeness (QED) is 0.349. The SMILES string of the molecule is CO[C@]12C[C@]3(C)OC(O1)[C@@]14[C@H]2C1(COC(=O)c1ccccc1)C[C@]34O[C@@H]1OC(COC(=O)c2ccccc2)[C@@H](O)[C@H](O)C1O. The summed E-state index contributed by atoms with van der Waals surface area (Å²) in [6.07, 6.45) is -7.37. The Morgan fingerprint density at radius 2 is 1.50 bits per heavy atom. The van der Waals surface area contributed by atoms with Crippen LogP contribution in [-0.2, 0) is 33.2 Å². The number of methoxy groups -OCH3 is 1. The highest BCUT2D eigenvalue weighted by Gasteiger charge is 3.11. The van der Waals surface area contributed by atoms with Crippen molar-refractivity contribution in [3.05, 3.63) is 71.8 Å².